The maximum Gasteiger partial charge on any atom is 0.137 e. The molecule has 14 heavy (non-hydrogen) atoms. The van der Waals surface area contributed by atoms with Crippen LogP contribution in [0.2, 0.25) is 0 Å². The van der Waals surface area contributed by atoms with Gasteiger partial charge < -0.3 is 0 Å². The quantitative estimate of drug-likeness (QED) is 0.714. The SMILES string of the molecule is CC1(c2ccc(F)c(Br)c2)CC1CCl. The molecule has 1 aromatic rings. The van der Waals surface area contributed by atoms with Crippen LogP contribution in [0.4, 0.5) is 4.39 Å². The van der Waals surface area contributed by atoms with Gasteiger partial charge in [-0.25, -0.2) is 4.39 Å². The van der Waals surface area contributed by atoms with Crippen LogP contribution >= 0.6 is 27.5 Å². The molecule has 0 nitrogen and oxygen atoms in total. The van der Waals surface area contributed by atoms with Crippen molar-refractivity contribution in [3.8, 4) is 0 Å². The summed E-state index contributed by atoms with van der Waals surface area (Å²) in [6.07, 6.45) is 1.11. The zero-order valence-electron chi connectivity index (χ0n) is 7.86. The van der Waals surface area contributed by atoms with Crippen LogP contribution in [0.1, 0.15) is 18.9 Å². The molecule has 0 amide bonds. The molecule has 2 atom stereocenters. The lowest BCUT2D eigenvalue weighted by Gasteiger charge is -2.11. The number of rotatable bonds is 2. The first-order valence-electron chi connectivity index (χ1n) is 4.59. The Morgan fingerprint density at radius 1 is 1.64 bits per heavy atom. The van der Waals surface area contributed by atoms with Crippen LogP contribution in [0.3, 0.4) is 0 Å². The topological polar surface area (TPSA) is 0 Å². The molecule has 2 rings (SSSR count). The van der Waals surface area contributed by atoms with Gasteiger partial charge in [0.15, 0.2) is 0 Å². The molecule has 1 saturated carbocycles. The number of benzene rings is 1. The van der Waals surface area contributed by atoms with Gasteiger partial charge >= 0.3 is 0 Å². The van der Waals surface area contributed by atoms with Crippen molar-refractivity contribution in [1.29, 1.82) is 0 Å². The second-order valence-corrected chi connectivity index (χ2v) is 5.26. The van der Waals surface area contributed by atoms with Crippen molar-refractivity contribution in [2.24, 2.45) is 5.92 Å². The molecule has 0 aliphatic heterocycles. The third kappa shape index (κ3) is 1.59. The molecule has 76 valence electrons. The summed E-state index contributed by atoms with van der Waals surface area (Å²) in [4.78, 5) is 0. The predicted molar refractivity (Wildman–Crippen MR) is 60.3 cm³/mol. The highest BCUT2D eigenvalue weighted by Crippen LogP contribution is 2.54. The summed E-state index contributed by atoms with van der Waals surface area (Å²) in [6, 6.07) is 5.23. The van der Waals surface area contributed by atoms with E-state index in [1.807, 2.05) is 12.1 Å². The Balaban J connectivity index is 2.31. The fourth-order valence-electron chi connectivity index (χ4n) is 1.88. The van der Waals surface area contributed by atoms with Crippen LogP contribution < -0.4 is 0 Å². The van der Waals surface area contributed by atoms with Crippen molar-refractivity contribution in [2.45, 2.75) is 18.8 Å². The molecular weight excluding hydrogens is 266 g/mol. The Labute approximate surface area is 96.6 Å². The first-order chi connectivity index (χ1) is 6.58. The minimum absolute atomic E-state index is 0.165. The minimum atomic E-state index is -0.208. The van der Waals surface area contributed by atoms with E-state index in [1.54, 1.807) is 0 Å². The third-order valence-corrected chi connectivity index (χ3v) is 4.16. The molecule has 3 heteroatoms. The largest absolute Gasteiger partial charge is 0.206 e. The smallest absolute Gasteiger partial charge is 0.137 e. The lowest BCUT2D eigenvalue weighted by molar-refractivity contribution is 0.616. The van der Waals surface area contributed by atoms with Gasteiger partial charge in [-0.1, -0.05) is 13.0 Å². The minimum Gasteiger partial charge on any atom is -0.206 e. The van der Waals surface area contributed by atoms with Crippen molar-refractivity contribution in [1.82, 2.24) is 0 Å². The van der Waals surface area contributed by atoms with Crippen molar-refractivity contribution >= 4 is 27.5 Å². The predicted octanol–water partition coefficient (Wildman–Crippen LogP) is 4.10. The zero-order valence-corrected chi connectivity index (χ0v) is 10.2. The lowest BCUT2D eigenvalue weighted by Crippen LogP contribution is -2.05. The summed E-state index contributed by atoms with van der Waals surface area (Å²) in [5.74, 6) is 1.02. The van der Waals surface area contributed by atoms with Crippen molar-refractivity contribution < 1.29 is 4.39 Å². The van der Waals surface area contributed by atoms with E-state index < -0.39 is 0 Å². The van der Waals surface area contributed by atoms with Crippen molar-refractivity contribution in [3.05, 3.63) is 34.1 Å². The molecule has 0 saturated heterocycles. The van der Waals surface area contributed by atoms with E-state index in [2.05, 4.69) is 22.9 Å². The molecule has 0 radical (unpaired) electrons. The molecule has 2 unspecified atom stereocenters. The van der Waals surface area contributed by atoms with Crippen LogP contribution in [-0.2, 0) is 5.41 Å². The van der Waals surface area contributed by atoms with Crippen LogP contribution in [0.25, 0.3) is 0 Å². The Bertz CT molecular complexity index is 366. The van der Waals surface area contributed by atoms with E-state index in [4.69, 9.17) is 11.6 Å². The second-order valence-electron chi connectivity index (χ2n) is 4.10. The average Bonchev–Trinajstić information content (AvgIpc) is 2.83. The van der Waals surface area contributed by atoms with E-state index in [-0.39, 0.29) is 11.2 Å². The normalized spacial score (nSPS) is 30.4. The third-order valence-electron chi connectivity index (χ3n) is 3.18. The number of hydrogen-bond acceptors (Lipinski definition) is 0. The Kier molecular flexibility index (Phi) is 2.61. The lowest BCUT2D eigenvalue weighted by atomic mass is 9.96. The van der Waals surface area contributed by atoms with Gasteiger partial charge in [-0.15, -0.1) is 11.6 Å². The second kappa shape index (κ2) is 3.49. The van der Waals surface area contributed by atoms with Gasteiger partial charge in [-0.05, 0) is 51.4 Å². The molecule has 0 N–H and O–H groups in total. The molecule has 1 fully saturated rings. The summed E-state index contributed by atoms with van der Waals surface area (Å²) < 4.78 is 13.6. The van der Waals surface area contributed by atoms with Gasteiger partial charge in [0.2, 0.25) is 0 Å². The Morgan fingerprint density at radius 3 is 2.86 bits per heavy atom. The van der Waals surface area contributed by atoms with Gasteiger partial charge in [0.1, 0.15) is 5.82 Å². The van der Waals surface area contributed by atoms with Gasteiger partial charge in [0, 0.05) is 5.88 Å². The van der Waals surface area contributed by atoms with E-state index in [1.165, 1.54) is 11.6 Å². The highest BCUT2D eigenvalue weighted by atomic mass is 79.9. The van der Waals surface area contributed by atoms with Gasteiger partial charge in [-0.2, -0.15) is 0 Å². The van der Waals surface area contributed by atoms with Crippen molar-refractivity contribution in [2.75, 3.05) is 5.88 Å². The molecule has 0 heterocycles. The number of halogens is 3. The van der Waals surface area contributed by atoms with E-state index in [0.29, 0.717) is 16.3 Å². The van der Waals surface area contributed by atoms with Gasteiger partial charge in [-0.3, -0.25) is 0 Å². The summed E-state index contributed by atoms with van der Waals surface area (Å²) in [6.45, 7) is 2.18. The molecular formula is C11H11BrClF. The van der Waals surface area contributed by atoms with E-state index in [0.717, 1.165) is 6.42 Å². The highest BCUT2D eigenvalue weighted by molar-refractivity contribution is 9.10. The molecule has 1 aromatic carbocycles. The summed E-state index contributed by atoms with van der Waals surface area (Å²) in [5, 5.41) is 0. The Hall–Kier alpha value is -0.0800. The molecule has 0 bridgehead atoms. The Morgan fingerprint density at radius 2 is 2.36 bits per heavy atom. The highest BCUT2D eigenvalue weighted by Gasteiger charge is 2.50. The van der Waals surface area contributed by atoms with Crippen LogP contribution in [-0.4, -0.2) is 5.88 Å². The van der Waals surface area contributed by atoms with E-state index >= 15 is 0 Å². The molecule has 1 aliphatic carbocycles. The molecule has 0 aromatic heterocycles. The van der Waals surface area contributed by atoms with Gasteiger partial charge in [0.05, 0.1) is 4.47 Å². The fraction of sp³-hybridized carbons (Fsp3) is 0.455. The summed E-state index contributed by atoms with van der Waals surface area (Å²) in [7, 11) is 0. The maximum atomic E-state index is 13.0. The van der Waals surface area contributed by atoms with Crippen molar-refractivity contribution in [3.63, 3.8) is 0 Å². The van der Waals surface area contributed by atoms with E-state index in [9.17, 15) is 4.39 Å². The number of alkyl halides is 1. The standard InChI is InChI=1S/C11H11BrClF/c1-11(5-8(11)6-13)7-2-3-10(14)9(12)4-7/h2-4,8H,5-6H2,1H3. The van der Waals surface area contributed by atoms with Crippen LogP contribution in [0.15, 0.2) is 22.7 Å². The zero-order chi connectivity index (χ0) is 10.3. The van der Waals surface area contributed by atoms with Crippen LogP contribution in [0, 0.1) is 11.7 Å². The summed E-state index contributed by atoms with van der Waals surface area (Å²) in [5.41, 5.74) is 1.34. The fourth-order valence-corrected chi connectivity index (χ4v) is 2.71. The first-order valence-corrected chi connectivity index (χ1v) is 5.92. The first kappa shape index (κ1) is 10.4. The maximum absolute atomic E-state index is 13.0. The monoisotopic (exact) mass is 276 g/mol. The van der Waals surface area contributed by atoms with Gasteiger partial charge in [0.25, 0.3) is 0 Å². The molecule has 1 aliphatic rings. The summed E-state index contributed by atoms with van der Waals surface area (Å²) >= 11 is 9.02. The average molecular weight is 278 g/mol. The molecule has 0 spiro atoms. The van der Waals surface area contributed by atoms with Crippen LogP contribution in [0.5, 0.6) is 0 Å². The number of hydrogen-bond donors (Lipinski definition) is 0.